The van der Waals surface area contributed by atoms with Gasteiger partial charge in [0.2, 0.25) is 0 Å². The van der Waals surface area contributed by atoms with Crippen LogP contribution in [-0.2, 0) is 13.5 Å². The van der Waals surface area contributed by atoms with Crippen LogP contribution < -0.4 is 5.32 Å². The molecule has 0 radical (unpaired) electrons. The maximum absolute atomic E-state index is 9.05. The zero-order valence-electron chi connectivity index (χ0n) is 10.4. The van der Waals surface area contributed by atoms with Crippen molar-refractivity contribution in [3.63, 3.8) is 0 Å². The minimum absolute atomic E-state index is 0.608. The lowest BCUT2D eigenvalue weighted by atomic mass is 10.2. The third kappa shape index (κ3) is 2.48. The molecule has 2 aromatic heterocycles. The summed E-state index contributed by atoms with van der Waals surface area (Å²) >= 11 is 0. The summed E-state index contributed by atoms with van der Waals surface area (Å²) in [6, 6.07) is 2.16. The molecule has 7 nitrogen and oxygen atoms in total. The molecular weight excluding hydrogens is 230 g/mol. The average Bonchev–Trinajstić information content (AvgIpc) is 2.93. The highest BCUT2D eigenvalue weighted by molar-refractivity contribution is 5.54. The van der Waals surface area contributed by atoms with Gasteiger partial charge >= 0.3 is 0 Å². The molecule has 2 aromatic rings. The fraction of sp³-hybridized carbons (Fsp3) is 0.455. The summed E-state index contributed by atoms with van der Waals surface area (Å²) in [6.45, 7) is 2.59. The molecule has 0 atom stereocenters. The number of anilines is 1. The first kappa shape index (κ1) is 12.1. The summed E-state index contributed by atoms with van der Waals surface area (Å²) in [7, 11) is 1.83. The Morgan fingerprint density at radius 3 is 3.06 bits per heavy atom. The lowest BCUT2D eigenvalue weighted by Crippen LogP contribution is -2.08. The normalized spacial score (nSPS) is 10.3. The first-order valence-corrected chi connectivity index (χ1v) is 5.74. The van der Waals surface area contributed by atoms with E-state index in [4.69, 9.17) is 5.26 Å². The van der Waals surface area contributed by atoms with Crippen LogP contribution >= 0.6 is 0 Å². The third-order valence-electron chi connectivity index (χ3n) is 2.68. The molecule has 0 saturated carbocycles. The van der Waals surface area contributed by atoms with Gasteiger partial charge in [-0.05, 0) is 13.3 Å². The lowest BCUT2D eigenvalue weighted by Gasteiger charge is -2.06. The lowest BCUT2D eigenvalue weighted by molar-refractivity contribution is 0.746. The molecule has 2 rings (SSSR count). The van der Waals surface area contributed by atoms with Crippen molar-refractivity contribution in [2.75, 3.05) is 11.9 Å². The van der Waals surface area contributed by atoms with Gasteiger partial charge in [0.1, 0.15) is 29.6 Å². The summed E-state index contributed by atoms with van der Waals surface area (Å²) < 4.78 is 1.70. The van der Waals surface area contributed by atoms with E-state index < -0.39 is 0 Å². The Morgan fingerprint density at radius 2 is 2.39 bits per heavy atom. The second-order valence-electron chi connectivity index (χ2n) is 4.01. The van der Waals surface area contributed by atoms with Gasteiger partial charge in [-0.3, -0.25) is 9.78 Å². The molecule has 0 fully saturated rings. The Bertz CT molecular complexity index is 547. The number of aryl methyl sites for hydroxylation is 3. The highest BCUT2D eigenvalue weighted by Gasteiger charge is 2.11. The van der Waals surface area contributed by atoms with Gasteiger partial charge in [-0.25, -0.2) is 4.98 Å². The van der Waals surface area contributed by atoms with E-state index in [1.54, 1.807) is 4.68 Å². The molecule has 94 valence electrons. The third-order valence-corrected chi connectivity index (χ3v) is 2.68. The van der Waals surface area contributed by atoms with Gasteiger partial charge in [0.15, 0.2) is 0 Å². The van der Waals surface area contributed by atoms with E-state index >= 15 is 0 Å². The Labute approximate surface area is 105 Å². The number of nitrogens with zero attached hydrogens (tertiary/aromatic N) is 5. The predicted molar refractivity (Wildman–Crippen MR) is 65.9 cm³/mol. The highest BCUT2D eigenvalue weighted by Crippen LogP contribution is 2.17. The molecule has 0 aliphatic rings. The van der Waals surface area contributed by atoms with Crippen LogP contribution in [0.15, 0.2) is 6.33 Å². The fourth-order valence-electron chi connectivity index (χ4n) is 1.81. The van der Waals surface area contributed by atoms with Gasteiger partial charge in [0.05, 0.1) is 5.69 Å². The van der Waals surface area contributed by atoms with Crippen molar-refractivity contribution < 1.29 is 0 Å². The summed E-state index contributed by atoms with van der Waals surface area (Å²) in [6.07, 6.45) is 3.23. The monoisotopic (exact) mass is 245 g/mol. The predicted octanol–water partition coefficient (Wildman–Crippen LogP) is 0.763. The van der Waals surface area contributed by atoms with Gasteiger partial charge < -0.3 is 5.32 Å². The van der Waals surface area contributed by atoms with Gasteiger partial charge in [0, 0.05) is 20.0 Å². The quantitative estimate of drug-likeness (QED) is 0.758. The zero-order chi connectivity index (χ0) is 13.0. The number of aromatic amines is 1. The Kier molecular flexibility index (Phi) is 3.57. The molecule has 0 spiro atoms. The number of rotatable bonds is 5. The number of hydrogen-bond acceptors (Lipinski definition) is 5. The van der Waals surface area contributed by atoms with E-state index in [0.717, 1.165) is 36.7 Å². The minimum Gasteiger partial charge on any atom is -0.369 e. The fourth-order valence-corrected chi connectivity index (χ4v) is 1.81. The van der Waals surface area contributed by atoms with Crippen molar-refractivity contribution in [3.8, 4) is 6.07 Å². The van der Waals surface area contributed by atoms with E-state index in [0.29, 0.717) is 5.56 Å². The van der Waals surface area contributed by atoms with Gasteiger partial charge in [-0.2, -0.15) is 15.5 Å². The van der Waals surface area contributed by atoms with E-state index in [-0.39, 0.29) is 0 Å². The first-order valence-electron chi connectivity index (χ1n) is 5.74. The number of nitriles is 1. The van der Waals surface area contributed by atoms with Gasteiger partial charge in [0.25, 0.3) is 0 Å². The molecule has 0 bridgehead atoms. The Hall–Kier alpha value is -2.36. The maximum Gasteiger partial charge on any atom is 0.142 e. The molecule has 0 amide bonds. The van der Waals surface area contributed by atoms with Crippen molar-refractivity contribution in [3.05, 3.63) is 23.4 Å². The second kappa shape index (κ2) is 5.31. The van der Waals surface area contributed by atoms with Crippen LogP contribution in [0.1, 0.15) is 23.5 Å². The van der Waals surface area contributed by atoms with Gasteiger partial charge in [-0.1, -0.05) is 0 Å². The smallest absolute Gasteiger partial charge is 0.142 e. The number of nitrogens with one attached hydrogen (secondary N) is 2. The molecule has 0 aromatic carbocycles. The molecule has 0 aliphatic heterocycles. The molecule has 7 heteroatoms. The van der Waals surface area contributed by atoms with Crippen molar-refractivity contribution in [1.29, 1.82) is 5.26 Å². The van der Waals surface area contributed by atoms with Crippen molar-refractivity contribution in [1.82, 2.24) is 25.0 Å². The van der Waals surface area contributed by atoms with Crippen LogP contribution in [0.3, 0.4) is 0 Å². The van der Waals surface area contributed by atoms with E-state index in [2.05, 4.69) is 31.7 Å². The topological polar surface area (TPSA) is 95.2 Å². The summed E-state index contributed by atoms with van der Waals surface area (Å²) in [5.41, 5.74) is 1.36. The number of hydrogen-bond donors (Lipinski definition) is 2. The van der Waals surface area contributed by atoms with E-state index in [1.807, 2.05) is 14.0 Å². The van der Waals surface area contributed by atoms with Crippen LogP contribution in [0, 0.1) is 18.3 Å². The van der Waals surface area contributed by atoms with Crippen LogP contribution in [0.2, 0.25) is 0 Å². The van der Waals surface area contributed by atoms with Crippen LogP contribution in [0.4, 0.5) is 5.82 Å². The van der Waals surface area contributed by atoms with Crippen molar-refractivity contribution in [2.45, 2.75) is 19.8 Å². The molecule has 2 N–H and O–H groups in total. The number of H-pyrrole nitrogens is 1. The summed E-state index contributed by atoms with van der Waals surface area (Å²) in [5.74, 6) is 1.64. The molecule has 0 saturated heterocycles. The molecule has 0 aliphatic carbocycles. The SMILES string of the molecule is Cc1nn(C)c(NCCCc2ncn[nH]2)c1C#N. The van der Waals surface area contributed by atoms with Gasteiger partial charge in [-0.15, -0.1) is 0 Å². The maximum atomic E-state index is 9.05. The average molecular weight is 245 g/mol. The molecular formula is C11H15N7. The summed E-state index contributed by atoms with van der Waals surface area (Å²) in [5, 5.41) is 23.1. The standard InChI is InChI=1S/C11H15N7/c1-8-9(6-12)11(18(2)17-8)13-5-3-4-10-14-7-15-16-10/h7,13H,3-5H2,1-2H3,(H,14,15,16). The van der Waals surface area contributed by atoms with Crippen molar-refractivity contribution in [2.24, 2.45) is 7.05 Å². The van der Waals surface area contributed by atoms with Crippen LogP contribution in [0.5, 0.6) is 0 Å². The molecule has 2 heterocycles. The van der Waals surface area contributed by atoms with E-state index in [9.17, 15) is 0 Å². The van der Waals surface area contributed by atoms with Crippen LogP contribution in [0.25, 0.3) is 0 Å². The Morgan fingerprint density at radius 1 is 1.56 bits per heavy atom. The largest absolute Gasteiger partial charge is 0.369 e. The second-order valence-corrected chi connectivity index (χ2v) is 4.01. The Balaban J connectivity index is 1.89. The van der Waals surface area contributed by atoms with E-state index in [1.165, 1.54) is 6.33 Å². The molecule has 18 heavy (non-hydrogen) atoms. The summed E-state index contributed by atoms with van der Waals surface area (Å²) in [4.78, 5) is 4.05. The molecule has 0 unspecified atom stereocenters. The van der Waals surface area contributed by atoms with Crippen molar-refractivity contribution >= 4 is 5.82 Å². The number of aromatic nitrogens is 5. The first-order chi connectivity index (χ1) is 8.72. The highest BCUT2D eigenvalue weighted by atomic mass is 15.3. The zero-order valence-corrected chi connectivity index (χ0v) is 10.4. The van der Waals surface area contributed by atoms with Crippen LogP contribution in [-0.4, -0.2) is 31.5 Å². The minimum atomic E-state index is 0.608.